The van der Waals surface area contributed by atoms with Crippen LogP contribution in [0.25, 0.3) is 0 Å². The molecule has 5 rings (SSSR count). The lowest BCUT2D eigenvalue weighted by Crippen LogP contribution is -2.38. The van der Waals surface area contributed by atoms with E-state index in [0.29, 0.717) is 11.5 Å². The molecule has 1 saturated heterocycles. The summed E-state index contributed by atoms with van der Waals surface area (Å²) in [5.74, 6) is 2.62. The van der Waals surface area contributed by atoms with E-state index in [4.69, 9.17) is 0 Å². The van der Waals surface area contributed by atoms with Gasteiger partial charge < -0.3 is 14.8 Å². The Morgan fingerprint density at radius 1 is 1.17 bits per heavy atom. The number of fused-ring (bicyclic) bond motifs is 2. The summed E-state index contributed by atoms with van der Waals surface area (Å²) in [5, 5.41) is 11.7. The molecule has 0 spiro atoms. The van der Waals surface area contributed by atoms with Crippen LogP contribution >= 0.6 is 11.8 Å². The fourth-order valence-corrected chi connectivity index (χ4v) is 5.43. The SMILES string of the molecule is CC1Sc2ccc(C(=O)N3CCC(c4nnc5n4CCCC5)CC3)cc2NC1=O. The molecule has 4 heterocycles. The Morgan fingerprint density at radius 3 is 2.83 bits per heavy atom. The van der Waals surface area contributed by atoms with Gasteiger partial charge in [0.1, 0.15) is 11.6 Å². The number of nitrogens with zero attached hydrogens (tertiary/aromatic N) is 4. The molecular weight excluding hydrogens is 386 g/mol. The van der Waals surface area contributed by atoms with Crippen LogP contribution in [-0.2, 0) is 17.8 Å². The highest BCUT2D eigenvalue weighted by Gasteiger charge is 2.30. The third kappa shape index (κ3) is 3.43. The van der Waals surface area contributed by atoms with Gasteiger partial charge in [0.15, 0.2) is 0 Å². The van der Waals surface area contributed by atoms with Crippen molar-refractivity contribution in [1.29, 1.82) is 0 Å². The molecule has 29 heavy (non-hydrogen) atoms. The van der Waals surface area contributed by atoms with Gasteiger partial charge in [-0.25, -0.2) is 0 Å². The number of likely N-dealkylation sites (tertiary alicyclic amines) is 1. The monoisotopic (exact) mass is 411 g/mol. The number of anilines is 1. The Kier molecular flexibility index (Phi) is 4.81. The molecule has 0 bridgehead atoms. The summed E-state index contributed by atoms with van der Waals surface area (Å²) in [6, 6.07) is 5.63. The fraction of sp³-hybridized carbons (Fsp3) is 0.524. The van der Waals surface area contributed by atoms with Crippen molar-refractivity contribution in [3.05, 3.63) is 35.4 Å². The van der Waals surface area contributed by atoms with Gasteiger partial charge in [-0.3, -0.25) is 9.59 Å². The van der Waals surface area contributed by atoms with Crippen LogP contribution in [0.3, 0.4) is 0 Å². The topological polar surface area (TPSA) is 80.1 Å². The first-order valence-corrected chi connectivity index (χ1v) is 11.3. The Bertz CT molecular complexity index is 964. The molecule has 1 fully saturated rings. The summed E-state index contributed by atoms with van der Waals surface area (Å²) < 4.78 is 2.30. The van der Waals surface area contributed by atoms with Gasteiger partial charge in [0, 0.05) is 42.4 Å². The van der Waals surface area contributed by atoms with Crippen molar-refractivity contribution < 1.29 is 9.59 Å². The maximum atomic E-state index is 13.0. The van der Waals surface area contributed by atoms with E-state index < -0.39 is 0 Å². The molecule has 2 aromatic rings. The molecule has 1 N–H and O–H groups in total. The second-order valence-electron chi connectivity index (χ2n) is 8.11. The average molecular weight is 412 g/mol. The number of hydrogen-bond acceptors (Lipinski definition) is 5. The van der Waals surface area contributed by atoms with E-state index in [1.54, 1.807) is 0 Å². The second-order valence-corrected chi connectivity index (χ2v) is 9.49. The van der Waals surface area contributed by atoms with Gasteiger partial charge >= 0.3 is 0 Å². The summed E-state index contributed by atoms with van der Waals surface area (Å²) >= 11 is 1.53. The fourth-order valence-electron chi connectivity index (χ4n) is 4.50. The number of hydrogen-bond donors (Lipinski definition) is 1. The van der Waals surface area contributed by atoms with Crippen molar-refractivity contribution in [2.24, 2.45) is 0 Å². The molecule has 1 unspecified atom stereocenters. The average Bonchev–Trinajstić information content (AvgIpc) is 3.18. The summed E-state index contributed by atoms with van der Waals surface area (Å²) in [5.41, 5.74) is 1.38. The molecular formula is C21H25N5O2S. The van der Waals surface area contributed by atoms with E-state index in [-0.39, 0.29) is 17.1 Å². The molecule has 0 saturated carbocycles. The Labute approximate surface area is 174 Å². The minimum atomic E-state index is -0.106. The van der Waals surface area contributed by atoms with Crippen LogP contribution < -0.4 is 5.32 Å². The maximum Gasteiger partial charge on any atom is 0.253 e. The standard InChI is InChI=1S/C21H25N5O2S/c1-13-20(27)22-16-12-15(5-6-17(16)29-13)21(28)25-10-7-14(8-11-25)19-24-23-18-4-2-3-9-26(18)19/h5-6,12-14H,2-4,7-11H2,1H3,(H,22,27). The molecule has 2 amide bonds. The van der Waals surface area contributed by atoms with Gasteiger partial charge in [-0.05, 0) is 50.8 Å². The van der Waals surface area contributed by atoms with Crippen molar-refractivity contribution in [2.75, 3.05) is 18.4 Å². The number of carbonyl (C=O) groups excluding carboxylic acids is 2. The molecule has 0 aliphatic carbocycles. The van der Waals surface area contributed by atoms with Crippen molar-refractivity contribution in [1.82, 2.24) is 19.7 Å². The van der Waals surface area contributed by atoms with E-state index in [0.717, 1.165) is 61.1 Å². The normalized spacial score (nSPS) is 22.0. The number of aromatic nitrogens is 3. The number of carbonyl (C=O) groups is 2. The van der Waals surface area contributed by atoms with E-state index in [2.05, 4.69) is 20.1 Å². The molecule has 7 nitrogen and oxygen atoms in total. The zero-order valence-corrected chi connectivity index (χ0v) is 17.4. The number of aryl methyl sites for hydroxylation is 1. The van der Waals surface area contributed by atoms with E-state index in [9.17, 15) is 9.59 Å². The Balaban J connectivity index is 1.27. The lowest BCUT2D eigenvalue weighted by molar-refractivity contribution is -0.115. The molecule has 1 atom stereocenters. The number of rotatable bonds is 2. The van der Waals surface area contributed by atoms with Gasteiger partial charge in [0.05, 0.1) is 10.9 Å². The van der Waals surface area contributed by atoms with Gasteiger partial charge in [-0.1, -0.05) is 0 Å². The van der Waals surface area contributed by atoms with Crippen LogP contribution in [-0.4, -0.2) is 49.8 Å². The number of nitrogens with one attached hydrogen (secondary N) is 1. The van der Waals surface area contributed by atoms with Crippen molar-refractivity contribution in [3.8, 4) is 0 Å². The van der Waals surface area contributed by atoms with Crippen molar-refractivity contribution in [2.45, 2.75) is 61.6 Å². The van der Waals surface area contributed by atoms with E-state index in [1.807, 2.05) is 30.0 Å². The van der Waals surface area contributed by atoms with Crippen LogP contribution in [0, 0.1) is 0 Å². The summed E-state index contributed by atoms with van der Waals surface area (Å²) in [7, 11) is 0. The number of amides is 2. The lowest BCUT2D eigenvalue weighted by Gasteiger charge is -2.32. The molecule has 3 aliphatic heterocycles. The molecule has 152 valence electrons. The first-order chi connectivity index (χ1) is 14.1. The zero-order chi connectivity index (χ0) is 20.0. The van der Waals surface area contributed by atoms with Crippen LogP contribution in [0.5, 0.6) is 0 Å². The lowest BCUT2D eigenvalue weighted by atomic mass is 9.95. The zero-order valence-electron chi connectivity index (χ0n) is 16.6. The molecule has 0 radical (unpaired) electrons. The predicted octanol–water partition coefficient (Wildman–Crippen LogP) is 3.07. The minimum Gasteiger partial charge on any atom is -0.339 e. The Hall–Kier alpha value is -2.35. The van der Waals surface area contributed by atoms with Crippen molar-refractivity contribution in [3.63, 3.8) is 0 Å². The molecule has 3 aliphatic rings. The predicted molar refractivity (Wildman–Crippen MR) is 111 cm³/mol. The first kappa shape index (κ1) is 18.7. The largest absolute Gasteiger partial charge is 0.339 e. The highest BCUT2D eigenvalue weighted by Crippen LogP contribution is 2.36. The highest BCUT2D eigenvalue weighted by atomic mass is 32.2. The highest BCUT2D eigenvalue weighted by molar-refractivity contribution is 8.00. The maximum absolute atomic E-state index is 13.0. The smallest absolute Gasteiger partial charge is 0.253 e. The van der Waals surface area contributed by atoms with Gasteiger partial charge in [-0.15, -0.1) is 22.0 Å². The van der Waals surface area contributed by atoms with Gasteiger partial charge in [-0.2, -0.15) is 0 Å². The third-order valence-electron chi connectivity index (χ3n) is 6.19. The minimum absolute atomic E-state index is 0.00967. The van der Waals surface area contributed by atoms with Crippen molar-refractivity contribution >= 4 is 29.3 Å². The third-order valence-corrected chi connectivity index (χ3v) is 7.37. The van der Waals surface area contributed by atoms with E-state index >= 15 is 0 Å². The molecule has 8 heteroatoms. The second kappa shape index (κ2) is 7.48. The number of benzene rings is 1. The molecule has 1 aromatic heterocycles. The van der Waals surface area contributed by atoms with E-state index in [1.165, 1.54) is 24.6 Å². The van der Waals surface area contributed by atoms with Gasteiger partial charge in [0.2, 0.25) is 5.91 Å². The summed E-state index contributed by atoms with van der Waals surface area (Å²) in [4.78, 5) is 27.9. The molecule has 1 aromatic carbocycles. The van der Waals surface area contributed by atoms with Crippen LogP contribution in [0.15, 0.2) is 23.1 Å². The summed E-state index contributed by atoms with van der Waals surface area (Å²) in [6.45, 7) is 4.36. The van der Waals surface area contributed by atoms with Crippen LogP contribution in [0.4, 0.5) is 5.69 Å². The summed E-state index contributed by atoms with van der Waals surface area (Å²) in [6.07, 6.45) is 5.25. The van der Waals surface area contributed by atoms with Crippen LogP contribution in [0.1, 0.15) is 60.5 Å². The quantitative estimate of drug-likeness (QED) is 0.822. The first-order valence-electron chi connectivity index (χ1n) is 10.4. The van der Waals surface area contributed by atoms with Crippen LogP contribution in [0.2, 0.25) is 0 Å². The Morgan fingerprint density at radius 2 is 2.00 bits per heavy atom. The number of piperidine rings is 1. The van der Waals surface area contributed by atoms with Gasteiger partial charge in [0.25, 0.3) is 5.91 Å². The number of thioether (sulfide) groups is 1.